The second-order valence-corrected chi connectivity index (χ2v) is 9.67. The van der Waals surface area contributed by atoms with Gasteiger partial charge in [0.25, 0.3) is 10.1 Å². The molecule has 2 atom stereocenters. The molecule has 0 aliphatic rings. The standard InChI is InChI=1S/C26H32O9S/c1-7-18(34-25(27)16(3)4)14-32-22-13-23(36(29,30)31)24(21-12-10-9-11-20(21)22)33-15-19(8-2)35-26(28)17(5)6/h9-13,18-19H,3,5,7-8,14-15H2,1-2,4,6H3,(H,29,30,31). The number of rotatable bonds is 13. The van der Waals surface area contributed by atoms with Crippen molar-refractivity contribution in [2.45, 2.75) is 57.6 Å². The maximum Gasteiger partial charge on any atom is 0.333 e. The van der Waals surface area contributed by atoms with Crippen LogP contribution in [0.2, 0.25) is 0 Å². The molecule has 2 unspecified atom stereocenters. The summed E-state index contributed by atoms with van der Waals surface area (Å²) >= 11 is 0. The molecule has 10 heteroatoms. The van der Waals surface area contributed by atoms with Crippen LogP contribution in [-0.4, -0.2) is 50.3 Å². The van der Waals surface area contributed by atoms with Crippen LogP contribution < -0.4 is 9.47 Å². The number of hydrogen-bond acceptors (Lipinski definition) is 8. The molecule has 196 valence electrons. The van der Waals surface area contributed by atoms with Crippen molar-refractivity contribution in [3.63, 3.8) is 0 Å². The first-order valence-corrected chi connectivity index (χ1v) is 12.8. The predicted octanol–water partition coefficient (Wildman–Crippen LogP) is 4.64. The molecule has 0 bridgehead atoms. The average molecular weight is 521 g/mol. The lowest BCUT2D eigenvalue weighted by atomic mass is 10.1. The molecular weight excluding hydrogens is 488 g/mol. The Morgan fingerprint density at radius 2 is 1.36 bits per heavy atom. The van der Waals surface area contributed by atoms with Gasteiger partial charge < -0.3 is 18.9 Å². The van der Waals surface area contributed by atoms with Gasteiger partial charge in [0.2, 0.25) is 0 Å². The van der Waals surface area contributed by atoms with Crippen molar-refractivity contribution in [2.75, 3.05) is 13.2 Å². The summed E-state index contributed by atoms with van der Waals surface area (Å²) in [5.41, 5.74) is 0.465. The summed E-state index contributed by atoms with van der Waals surface area (Å²) in [6.07, 6.45) is -0.427. The van der Waals surface area contributed by atoms with Crippen molar-refractivity contribution in [3.05, 3.63) is 54.6 Å². The SMILES string of the molecule is C=C(C)C(=O)OC(CC)COc1cc(S(=O)(=O)O)c(OCC(CC)OC(=O)C(=C)C)c2ccccc12. The van der Waals surface area contributed by atoms with Crippen molar-refractivity contribution in [1.82, 2.24) is 0 Å². The van der Waals surface area contributed by atoms with E-state index >= 15 is 0 Å². The summed E-state index contributed by atoms with van der Waals surface area (Å²) in [5, 5.41) is 0.864. The predicted molar refractivity (Wildman–Crippen MR) is 135 cm³/mol. The van der Waals surface area contributed by atoms with Gasteiger partial charge in [-0.05, 0) is 26.7 Å². The number of carbonyl (C=O) groups excluding carboxylic acids is 2. The highest BCUT2D eigenvalue weighted by Gasteiger charge is 2.25. The molecule has 1 N–H and O–H groups in total. The highest BCUT2D eigenvalue weighted by Crippen LogP contribution is 2.39. The monoisotopic (exact) mass is 520 g/mol. The molecule has 0 saturated carbocycles. The van der Waals surface area contributed by atoms with Crippen LogP contribution in [0.3, 0.4) is 0 Å². The second-order valence-electron chi connectivity index (χ2n) is 8.28. The lowest BCUT2D eigenvalue weighted by molar-refractivity contribution is -0.146. The first-order chi connectivity index (χ1) is 16.9. The zero-order valence-corrected chi connectivity index (χ0v) is 21.7. The molecule has 9 nitrogen and oxygen atoms in total. The van der Waals surface area contributed by atoms with Crippen molar-refractivity contribution < 1.29 is 41.5 Å². The molecule has 0 saturated heterocycles. The summed E-state index contributed by atoms with van der Waals surface area (Å²) in [6.45, 7) is 13.5. The van der Waals surface area contributed by atoms with Gasteiger partial charge in [-0.3, -0.25) is 4.55 Å². The van der Waals surface area contributed by atoms with E-state index in [0.29, 0.717) is 23.6 Å². The average Bonchev–Trinajstić information content (AvgIpc) is 2.83. The van der Waals surface area contributed by atoms with E-state index in [9.17, 15) is 22.6 Å². The van der Waals surface area contributed by atoms with Gasteiger partial charge in [-0.15, -0.1) is 0 Å². The molecule has 2 aromatic rings. The third-order valence-corrected chi connectivity index (χ3v) is 6.05. The summed E-state index contributed by atoms with van der Waals surface area (Å²) in [7, 11) is -4.74. The van der Waals surface area contributed by atoms with E-state index in [1.807, 2.05) is 6.92 Å². The number of benzene rings is 2. The molecule has 0 spiro atoms. The zero-order valence-electron chi connectivity index (χ0n) is 20.9. The number of hydrogen-bond donors (Lipinski definition) is 1. The highest BCUT2D eigenvalue weighted by atomic mass is 32.2. The lowest BCUT2D eigenvalue weighted by Crippen LogP contribution is -2.25. The fourth-order valence-electron chi connectivity index (χ4n) is 3.08. The van der Waals surface area contributed by atoms with Gasteiger partial charge in [-0.2, -0.15) is 8.42 Å². The molecular formula is C26H32O9S. The van der Waals surface area contributed by atoms with Crippen LogP contribution in [0.4, 0.5) is 0 Å². The van der Waals surface area contributed by atoms with Gasteiger partial charge in [0.05, 0.1) is 0 Å². The Kier molecular flexibility index (Phi) is 10.1. The zero-order chi connectivity index (χ0) is 27.0. The second kappa shape index (κ2) is 12.5. The van der Waals surface area contributed by atoms with Crippen LogP contribution in [0.5, 0.6) is 11.5 Å². The van der Waals surface area contributed by atoms with Gasteiger partial charge in [0, 0.05) is 28.0 Å². The third-order valence-electron chi connectivity index (χ3n) is 5.19. The van der Waals surface area contributed by atoms with Gasteiger partial charge in [0.15, 0.2) is 0 Å². The first-order valence-electron chi connectivity index (χ1n) is 11.4. The van der Waals surface area contributed by atoms with E-state index in [1.165, 1.54) is 13.8 Å². The van der Waals surface area contributed by atoms with E-state index in [1.54, 1.807) is 31.2 Å². The molecule has 0 fully saturated rings. The van der Waals surface area contributed by atoms with Crippen molar-refractivity contribution >= 4 is 32.8 Å². The molecule has 0 aromatic heterocycles. The van der Waals surface area contributed by atoms with E-state index < -0.39 is 39.2 Å². The minimum Gasteiger partial charge on any atom is -0.489 e. The van der Waals surface area contributed by atoms with Gasteiger partial charge in [0.1, 0.15) is 41.8 Å². The maximum absolute atomic E-state index is 12.3. The Bertz CT molecular complexity index is 1250. The van der Waals surface area contributed by atoms with Gasteiger partial charge >= 0.3 is 11.9 Å². The minimum atomic E-state index is -4.74. The van der Waals surface area contributed by atoms with Crippen LogP contribution >= 0.6 is 0 Å². The summed E-state index contributed by atoms with van der Waals surface area (Å²) in [5.74, 6) is -1.11. The van der Waals surface area contributed by atoms with E-state index in [4.69, 9.17) is 18.9 Å². The normalized spacial score (nSPS) is 12.9. The van der Waals surface area contributed by atoms with Crippen LogP contribution in [0, 0.1) is 0 Å². The largest absolute Gasteiger partial charge is 0.489 e. The maximum atomic E-state index is 12.3. The Labute approximate surface area is 211 Å². The Morgan fingerprint density at radius 1 is 0.889 bits per heavy atom. The fraction of sp³-hybridized carbons (Fsp3) is 0.385. The molecule has 0 aliphatic carbocycles. The Hall–Kier alpha value is -3.37. The Balaban J connectivity index is 2.43. The summed E-state index contributed by atoms with van der Waals surface area (Å²) in [4.78, 5) is 23.3. The summed E-state index contributed by atoms with van der Waals surface area (Å²) in [6, 6.07) is 7.87. The smallest absolute Gasteiger partial charge is 0.333 e. The van der Waals surface area contributed by atoms with Gasteiger partial charge in [-0.1, -0.05) is 51.3 Å². The molecule has 0 amide bonds. The van der Waals surface area contributed by atoms with E-state index in [0.717, 1.165) is 6.07 Å². The third kappa shape index (κ3) is 7.56. The number of fused-ring (bicyclic) bond motifs is 1. The van der Waals surface area contributed by atoms with Crippen molar-refractivity contribution in [1.29, 1.82) is 0 Å². The molecule has 0 radical (unpaired) electrons. The number of ether oxygens (including phenoxy) is 4. The van der Waals surface area contributed by atoms with Crippen LogP contribution in [-0.2, 0) is 29.2 Å². The Morgan fingerprint density at radius 3 is 1.81 bits per heavy atom. The number of esters is 2. The van der Waals surface area contributed by atoms with Crippen molar-refractivity contribution in [3.8, 4) is 11.5 Å². The number of carbonyl (C=O) groups is 2. The van der Waals surface area contributed by atoms with E-state index in [-0.39, 0.29) is 35.9 Å². The van der Waals surface area contributed by atoms with Crippen LogP contribution in [0.25, 0.3) is 10.8 Å². The van der Waals surface area contributed by atoms with E-state index in [2.05, 4.69) is 13.2 Å². The molecule has 36 heavy (non-hydrogen) atoms. The quantitative estimate of drug-likeness (QED) is 0.228. The first kappa shape index (κ1) is 28.9. The summed E-state index contributed by atoms with van der Waals surface area (Å²) < 4.78 is 56.9. The van der Waals surface area contributed by atoms with Gasteiger partial charge in [-0.25, -0.2) is 9.59 Å². The lowest BCUT2D eigenvalue weighted by Gasteiger charge is -2.21. The van der Waals surface area contributed by atoms with Crippen LogP contribution in [0.1, 0.15) is 40.5 Å². The highest BCUT2D eigenvalue weighted by molar-refractivity contribution is 7.86. The fourth-order valence-corrected chi connectivity index (χ4v) is 3.74. The van der Waals surface area contributed by atoms with Crippen molar-refractivity contribution in [2.24, 2.45) is 0 Å². The minimum absolute atomic E-state index is 0.0562. The molecule has 2 aromatic carbocycles. The van der Waals surface area contributed by atoms with Crippen LogP contribution in [0.15, 0.2) is 59.5 Å². The molecule has 0 heterocycles. The molecule has 2 rings (SSSR count). The molecule has 0 aliphatic heterocycles. The topological polar surface area (TPSA) is 125 Å².